The van der Waals surface area contributed by atoms with Crippen molar-refractivity contribution in [1.82, 2.24) is 19.7 Å². The largest absolute Gasteiger partial charge is 0.302 e. The number of amides is 2. The summed E-state index contributed by atoms with van der Waals surface area (Å²) in [7, 11) is 0. The number of benzene rings is 1. The van der Waals surface area contributed by atoms with Crippen LogP contribution < -0.4 is 0 Å². The minimum atomic E-state index is -0.418. The Morgan fingerprint density at radius 3 is 2.78 bits per heavy atom. The molecule has 1 fully saturated rings. The van der Waals surface area contributed by atoms with Gasteiger partial charge < -0.3 is 4.57 Å². The van der Waals surface area contributed by atoms with Gasteiger partial charge in [-0.2, -0.15) is 0 Å². The zero-order chi connectivity index (χ0) is 19.4. The number of carbonyl (C=O) groups excluding carboxylic acids is 2. The van der Waals surface area contributed by atoms with Gasteiger partial charge in [-0.05, 0) is 44.0 Å². The van der Waals surface area contributed by atoms with Crippen molar-refractivity contribution < 1.29 is 14.0 Å². The van der Waals surface area contributed by atoms with Crippen molar-refractivity contribution in [3.8, 4) is 0 Å². The highest BCUT2D eigenvalue weighted by molar-refractivity contribution is 8.00. The minimum absolute atomic E-state index is 0.238. The maximum Gasteiger partial charge on any atom is 0.260 e. The van der Waals surface area contributed by atoms with E-state index in [2.05, 4.69) is 16.8 Å². The van der Waals surface area contributed by atoms with E-state index in [1.54, 1.807) is 6.08 Å². The summed E-state index contributed by atoms with van der Waals surface area (Å²) in [4.78, 5) is 27.1. The number of allylic oxidation sites excluding steroid dienone is 1. The number of aryl methyl sites for hydroxylation is 1. The van der Waals surface area contributed by atoms with Crippen molar-refractivity contribution in [3.05, 3.63) is 54.1 Å². The summed E-state index contributed by atoms with van der Waals surface area (Å²) in [5, 5.41) is 8.47. The van der Waals surface area contributed by atoms with E-state index in [9.17, 15) is 14.0 Å². The highest BCUT2D eigenvalue weighted by atomic mass is 32.2. The predicted molar refractivity (Wildman–Crippen MR) is 101 cm³/mol. The number of hydrogen-bond acceptors (Lipinski definition) is 5. The van der Waals surface area contributed by atoms with Gasteiger partial charge in [-0.3, -0.25) is 14.5 Å². The number of carbonyl (C=O) groups is 2. The van der Waals surface area contributed by atoms with E-state index >= 15 is 0 Å². The van der Waals surface area contributed by atoms with Crippen LogP contribution in [0.25, 0.3) is 0 Å². The lowest BCUT2D eigenvalue weighted by atomic mass is 10.2. The van der Waals surface area contributed by atoms with E-state index in [1.807, 2.05) is 11.5 Å². The number of hydrogen-bond donors (Lipinski definition) is 0. The van der Waals surface area contributed by atoms with E-state index in [0.717, 1.165) is 18.7 Å². The molecule has 0 bridgehead atoms. The first kappa shape index (κ1) is 19.3. The molecule has 3 rings (SSSR count). The lowest BCUT2D eigenvalue weighted by molar-refractivity contribution is -0.127. The van der Waals surface area contributed by atoms with Gasteiger partial charge in [-0.1, -0.05) is 24.3 Å². The molecule has 1 aromatic heterocycles. The van der Waals surface area contributed by atoms with Gasteiger partial charge in [0.05, 0.1) is 5.25 Å². The van der Waals surface area contributed by atoms with Gasteiger partial charge in [0.15, 0.2) is 5.16 Å². The van der Waals surface area contributed by atoms with Crippen molar-refractivity contribution in [1.29, 1.82) is 0 Å². The molecule has 8 heteroatoms. The number of thioether (sulfide) groups is 1. The average molecular weight is 388 g/mol. The van der Waals surface area contributed by atoms with Crippen molar-refractivity contribution in [3.63, 3.8) is 0 Å². The minimum Gasteiger partial charge on any atom is -0.302 e. The molecule has 0 aliphatic carbocycles. The van der Waals surface area contributed by atoms with Gasteiger partial charge in [0, 0.05) is 18.7 Å². The molecule has 0 spiro atoms. The number of halogens is 1. The van der Waals surface area contributed by atoms with Gasteiger partial charge in [-0.15, -0.1) is 16.8 Å². The van der Waals surface area contributed by atoms with Crippen LogP contribution in [-0.2, 0) is 11.3 Å². The summed E-state index contributed by atoms with van der Waals surface area (Å²) in [6.45, 7) is 6.51. The van der Waals surface area contributed by atoms with Crippen LogP contribution in [0.5, 0.6) is 0 Å². The molecule has 1 aliphatic heterocycles. The number of imide groups is 1. The van der Waals surface area contributed by atoms with E-state index in [-0.39, 0.29) is 5.91 Å². The first-order chi connectivity index (χ1) is 13.0. The Balaban J connectivity index is 1.81. The van der Waals surface area contributed by atoms with Crippen LogP contribution in [0.3, 0.4) is 0 Å². The Hall–Kier alpha value is -2.48. The third-order valence-electron chi connectivity index (χ3n) is 4.44. The Labute approximate surface area is 161 Å². The predicted octanol–water partition coefficient (Wildman–Crippen LogP) is 3.23. The Morgan fingerprint density at radius 1 is 1.33 bits per heavy atom. The topological polar surface area (TPSA) is 68.1 Å². The van der Waals surface area contributed by atoms with Crippen LogP contribution in [0.15, 0.2) is 42.1 Å². The third kappa shape index (κ3) is 4.27. The second-order valence-electron chi connectivity index (χ2n) is 6.33. The molecule has 1 aromatic carbocycles. The number of rotatable bonds is 5. The molecule has 0 saturated carbocycles. The zero-order valence-electron chi connectivity index (χ0n) is 15.1. The number of aromatic nitrogens is 3. The fourth-order valence-electron chi connectivity index (χ4n) is 2.98. The van der Waals surface area contributed by atoms with Gasteiger partial charge in [0.1, 0.15) is 11.6 Å². The SMILES string of the molecule is C=CCn1c(C)nnc1S[C@@H]1CCCCN(C(=O)c2ccc(F)cc2)C1=O. The smallest absolute Gasteiger partial charge is 0.260 e. The Bertz CT molecular complexity index is 850. The van der Waals surface area contributed by atoms with Crippen LogP contribution >= 0.6 is 11.8 Å². The quantitative estimate of drug-likeness (QED) is 0.581. The molecule has 1 saturated heterocycles. The molecule has 1 atom stereocenters. The highest BCUT2D eigenvalue weighted by Gasteiger charge is 2.33. The summed E-state index contributed by atoms with van der Waals surface area (Å²) in [5.74, 6) is -0.300. The van der Waals surface area contributed by atoms with Crippen molar-refractivity contribution in [2.75, 3.05) is 6.54 Å². The summed E-state index contributed by atoms with van der Waals surface area (Å²) in [6.07, 6.45) is 4.00. The van der Waals surface area contributed by atoms with Gasteiger partial charge in [-0.25, -0.2) is 4.39 Å². The third-order valence-corrected chi connectivity index (χ3v) is 5.67. The van der Waals surface area contributed by atoms with Crippen LogP contribution in [0.1, 0.15) is 35.4 Å². The lowest BCUT2D eigenvalue weighted by Gasteiger charge is -2.22. The lowest BCUT2D eigenvalue weighted by Crippen LogP contribution is -2.41. The molecule has 142 valence electrons. The number of likely N-dealkylation sites (tertiary alicyclic amines) is 1. The molecule has 1 aliphatic rings. The van der Waals surface area contributed by atoms with Crippen molar-refractivity contribution in [2.45, 2.75) is 43.1 Å². The Morgan fingerprint density at radius 2 is 2.07 bits per heavy atom. The molecule has 0 N–H and O–H groups in total. The first-order valence-electron chi connectivity index (χ1n) is 8.80. The summed E-state index contributed by atoms with van der Waals surface area (Å²) in [5.41, 5.74) is 0.307. The second-order valence-corrected chi connectivity index (χ2v) is 7.50. The van der Waals surface area contributed by atoms with Crippen LogP contribution in [0.2, 0.25) is 0 Å². The van der Waals surface area contributed by atoms with Crippen molar-refractivity contribution in [2.24, 2.45) is 0 Å². The fraction of sp³-hybridized carbons (Fsp3) is 0.368. The second kappa shape index (κ2) is 8.47. The molecular formula is C19H21FN4O2S. The van der Waals surface area contributed by atoms with Crippen LogP contribution in [0.4, 0.5) is 4.39 Å². The average Bonchev–Trinajstić information content (AvgIpc) is 2.89. The summed E-state index contributed by atoms with van der Waals surface area (Å²) in [6, 6.07) is 5.26. The molecule has 2 amide bonds. The normalized spacial score (nSPS) is 17.6. The van der Waals surface area contributed by atoms with Crippen LogP contribution in [0, 0.1) is 12.7 Å². The van der Waals surface area contributed by atoms with Crippen LogP contribution in [-0.4, -0.2) is 43.3 Å². The van der Waals surface area contributed by atoms with Gasteiger partial charge >= 0.3 is 0 Å². The van der Waals surface area contributed by atoms with E-state index < -0.39 is 17.0 Å². The molecule has 27 heavy (non-hydrogen) atoms. The summed E-state index contributed by atoms with van der Waals surface area (Å²) < 4.78 is 15.0. The highest BCUT2D eigenvalue weighted by Crippen LogP contribution is 2.30. The molecule has 2 aromatic rings. The molecule has 0 unspecified atom stereocenters. The van der Waals surface area contributed by atoms with Crippen molar-refractivity contribution >= 4 is 23.6 Å². The number of nitrogens with zero attached hydrogens (tertiary/aromatic N) is 4. The molecule has 6 nitrogen and oxygen atoms in total. The van der Waals surface area contributed by atoms with E-state index in [4.69, 9.17) is 0 Å². The monoisotopic (exact) mass is 388 g/mol. The summed E-state index contributed by atoms with van der Waals surface area (Å²) >= 11 is 1.33. The maximum atomic E-state index is 13.1. The van der Waals surface area contributed by atoms with Gasteiger partial charge in [0.2, 0.25) is 5.91 Å². The van der Waals surface area contributed by atoms with Gasteiger partial charge in [0.25, 0.3) is 5.91 Å². The van der Waals surface area contributed by atoms with E-state index in [0.29, 0.717) is 30.2 Å². The van der Waals surface area contributed by atoms with E-state index in [1.165, 1.54) is 40.9 Å². The molecule has 2 heterocycles. The first-order valence-corrected chi connectivity index (χ1v) is 9.68. The zero-order valence-corrected chi connectivity index (χ0v) is 15.9. The standard InChI is InChI=1S/C19H21FN4O2S/c1-3-11-23-13(2)21-22-19(23)27-16-6-4-5-12-24(18(16)26)17(25)14-7-9-15(20)10-8-14/h3,7-10,16H,1,4-6,11-12H2,2H3/t16-/m1/s1. The molecular weight excluding hydrogens is 367 g/mol. The maximum absolute atomic E-state index is 13.1. The Kier molecular flexibility index (Phi) is 6.05. The molecule has 0 radical (unpaired) electrons. The fourth-order valence-corrected chi connectivity index (χ4v) is 4.17.